The molecule has 0 spiro atoms. The van der Waals surface area contributed by atoms with Crippen molar-refractivity contribution in [1.29, 1.82) is 0 Å². The van der Waals surface area contributed by atoms with Crippen LogP contribution in [-0.2, 0) is 0 Å². The zero-order valence-corrected chi connectivity index (χ0v) is 12.8. The van der Waals surface area contributed by atoms with Gasteiger partial charge in [0.1, 0.15) is 6.33 Å². The van der Waals surface area contributed by atoms with Crippen molar-refractivity contribution >= 4 is 0 Å². The molecule has 0 saturated carbocycles. The number of rotatable bonds is 8. The molecule has 4 heteroatoms. The van der Waals surface area contributed by atoms with Gasteiger partial charge in [-0.3, -0.25) is 0 Å². The quantitative estimate of drug-likeness (QED) is 0.785. The van der Waals surface area contributed by atoms with Gasteiger partial charge in [-0.1, -0.05) is 20.8 Å². The maximum absolute atomic E-state index is 5.47. The van der Waals surface area contributed by atoms with Gasteiger partial charge in [-0.25, -0.2) is 9.97 Å². The first-order valence-corrected chi connectivity index (χ1v) is 7.28. The van der Waals surface area contributed by atoms with Crippen molar-refractivity contribution in [2.45, 2.75) is 53.0 Å². The summed E-state index contributed by atoms with van der Waals surface area (Å²) in [5.41, 5.74) is 1.06. The Bertz CT molecular complexity index is 368. The van der Waals surface area contributed by atoms with Crippen LogP contribution < -0.4 is 10.1 Å². The molecule has 0 aliphatic heterocycles. The van der Waals surface area contributed by atoms with E-state index in [1.165, 1.54) is 0 Å². The van der Waals surface area contributed by atoms with Crippen LogP contribution in [0, 0.1) is 5.92 Å². The van der Waals surface area contributed by atoms with Gasteiger partial charge in [-0.2, -0.15) is 0 Å². The van der Waals surface area contributed by atoms with Crippen molar-refractivity contribution in [3.05, 3.63) is 18.1 Å². The molecule has 0 aliphatic carbocycles. The van der Waals surface area contributed by atoms with Crippen LogP contribution in [0.1, 0.15) is 52.7 Å². The Morgan fingerprint density at radius 1 is 1.21 bits per heavy atom. The zero-order chi connectivity index (χ0) is 14.3. The van der Waals surface area contributed by atoms with Gasteiger partial charge in [-0.05, 0) is 32.7 Å². The van der Waals surface area contributed by atoms with Gasteiger partial charge < -0.3 is 10.1 Å². The Hall–Kier alpha value is -1.16. The largest absolute Gasteiger partial charge is 0.478 e. The fourth-order valence-corrected chi connectivity index (χ4v) is 2.44. The zero-order valence-electron chi connectivity index (χ0n) is 12.8. The summed E-state index contributed by atoms with van der Waals surface area (Å²) in [6, 6.07) is 2.36. The van der Waals surface area contributed by atoms with E-state index >= 15 is 0 Å². The van der Waals surface area contributed by atoms with E-state index < -0.39 is 0 Å². The molecule has 1 heterocycles. The van der Waals surface area contributed by atoms with Crippen LogP contribution in [0.5, 0.6) is 5.88 Å². The number of nitrogens with one attached hydrogen (secondary N) is 1. The second-order valence-corrected chi connectivity index (χ2v) is 5.23. The Kier molecular flexibility index (Phi) is 6.78. The van der Waals surface area contributed by atoms with E-state index in [1.807, 2.05) is 13.0 Å². The van der Waals surface area contributed by atoms with E-state index in [9.17, 15) is 0 Å². The third-order valence-electron chi connectivity index (χ3n) is 3.27. The van der Waals surface area contributed by atoms with Crippen molar-refractivity contribution in [2.24, 2.45) is 5.92 Å². The fourth-order valence-electron chi connectivity index (χ4n) is 2.44. The SMILES string of the molecule is CCCNC(C)C(c1cc(OCC)ncn1)C(C)C. The summed E-state index contributed by atoms with van der Waals surface area (Å²) in [6.07, 6.45) is 2.74. The molecule has 1 aromatic heterocycles. The first-order valence-electron chi connectivity index (χ1n) is 7.28. The molecule has 1 aromatic rings. The topological polar surface area (TPSA) is 47.0 Å². The highest BCUT2D eigenvalue weighted by molar-refractivity contribution is 5.19. The van der Waals surface area contributed by atoms with Crippen LogP contribution in [0.3, 0.4) is 0 Å². The van der Waals surface area contributed by atoms with Crippen LogP contribution in [-0.4, -0.2) is 29.2 Å². The molecule has 2 atom stereocenters. The first kappa shape index (κ1) is 15.9. The number of hydrogen-bond acceptors (Lipinski definition) is 4. The smallest absolute Gasteiger partial charge is 0.216 e. The molecule has 0 amide bonds. The second kappa shape index (κ2) is 8.10. The third kappa shape index (κ3) is 4.78. The maximum atomic E-state index is 5.47. The van der Waals surface area contributed by atoms with Gasteiger partial charge in [0.2, 0.25) is 5.88 Å². The van der Waals surface area contributed by atoms with Crippen molar-refractivity contribution < 1.29 is 4.74 Å². The highest BCUT2D eigenvalue weighted by atomic mass is 16.5. The first-order chi connectivity index (χ1) is 9.10. The van der Waals surface area contributed by atoms with E-state index in [1.54, 1.807) is 6.33 Å². The van der Waals surface area contributed by atoms with Crippen molar-refractivity contribution in [1.82, 2.24) is 15.3 Å². The molecule has 0 fully saturated rings. The van der Waals surface area contributed by atoms with E-state index in [-0.39, 0.29) is 0 Å². The Balaban J connectivity index is 2.88. The van der Waals surface area contributed by atoms with E-state index in [0.717, 1.165) is 18.7 Å². The normalized spacial score (nSPS) is 14.4. The molecular formula is C15H27N3O. The molecule has 0 saturated heterocycles. The second-order valence-electron chi connectivity index (χ2n) is 5.23. The minimum absolute atomic E-state index is 0.369. The highest BCUT2D eigenvalue weighted by Crippen LogP contribution is 2.27. The minimum atomic E-state index is 0.369. The van der Waals surface area contributed by atoms with Crippen LogP contribution in [0.2, 0.25) is 0 Å². The van der Waals surface area contributed by atoms with Crippen LogP contribution in [0.25, 0.3) is 0 Å². The van der Waals surface area contributed by atoms with Crippen molar-refractivity contribution in [3.8, 4) is 5.88 Å². The lowest BCUT2D eigenvalue weighted by atomic mass is 9.86. The average molecular weight is 265 g/mol. The van der Waals surface area contributed by atoms with Crippen molar-refractivity contribution in [3.63, 3.8) is 0 Å². The molecular weight excluding hydrogens is 238 g/mol. The molecule has 4 nitrogen and oxygen atoms in total. The Morgan fingerprint density at radius 2 is 1.95 bits per heavy atom. The molecule has 1 rings (SSSR count). The predicted octanol–water partition coefficient (Wildman–Crippen LogP) is 3.00. The summed E-state index contributed by atoms with van der Waals surface area (Å²) in [6.45, 7) is 12.5. The summed E-state index contributed by atoms with van der Waals surface area (Å²) in [7, 11) is 0. The molecule has 0 radical (unpaired) electrons. The Morgan fingerprint density at radius 3 is 2.53 bits per heavy atom. The predicted molar refractivity (Wildman–Crippen MR) is 78.5 cm³/mol. The van der Waals surface area contributed by atoms with Gasteiger partial charge in [0.25, 0.3) is 0 Å². The standard InChI is InChI=1S/C15H27N3O/c1-6-8-16-12(5)15(11(3)4)13-9-14(19-7-2)18-10-17-13/h9-12,15-16H,6-8H2,1-5H3. The third-order valence-corrected chi connectivity index (χ3v) is 3.27. The van der Waals surface area contributed by atoms with E-state index in [2.05, 4.69) is 43.0 Å². The van der Waals surface area contributed by atoms with Crippen molar-refractivity contribution in [2.75, 3.05) is 13.2 Å². The van der Waals surface area contributed by atoms with Gasteiger partial charge >= 0.3 is 0 Å². The average Bonchev–Trinajstić information content (AvgIpc) is 2.37. The van der Waals surface area contributed by atoms with Gasteiger partial charge in [0.15, 0.2) is 0 Å². The summed E-state index contributed by atoms with van der Waals surface area (Å²) >= 11 is 0. The van der Waals surface area contributed by atoms with E-state index in [4.69, 9.17) is 4.74 Å². The highest BCUT2D eigenvalue weighted by Gasteiger charge is 2.24. The molecule has 108 valence electrons. The Labute approximate surface area is 117 Å². The number of ether oxygens (including phenoxy) is 1. The van der Waals surface area contributed by atoms with Crippen LogP contribution in [0.4, 0.5) is 0 Å². The molecule has 2 unspecified atom stereocenters. The van der Waals surface area contributed by atoms with Gasteiger partial charge in [0.05, 0.1) is 12.3 Å². The molecule has 0 bridgehead atoms. The lowest BCUT2D eigenvalue weighted by Gasteiger charge is -2.28. The number of hydrogen-bond donors (Lipinski definition) is 1. The summed E-state index contributed by atoms with van der Waals surface area (Å²) < 4.78 is 5.47. The lowest BCUT2D eigenvalue weighted by Crippen LogP contribution is -2.35. The molecule has 1 N–H and O–H groups in total. The fraction of sp³-hybridized carbons (Fsp3) is 0.733. The monoisotopic (exact) mass is 265 g/mol. The van der Waals surface area contributed by atoms with Gasteiger partial charge in [0, 0.05) is 18.0 Å². The summed E-state index contributed by atoms with van der Waals surface area (Å²) in [4.78, 5) is 8.58. The van der Waals surface area contributed by atoms with Crippen LogP contribution in [0.15, 0.2) is 12.4 Å². The minimum Gasteiger partial charge on any atom is -0.478 e. The van der Waals surface area contributed by atoms with Gasteiger partial charge in [-0.15, -0.1) is 0 Å². The molecule has 19 heavy (non-hydrogen) atoms. The summed E-state index contributed by atoms with van der Waals surface area (Å²) in [5.74, 6) is 1.55. The summed E-state index contributed by atoms with van der Waals surface area (Å²) in [5, 5.41) is 3.56. The van der Waals surface area contributed by atoms with Crippen LogP contribution >= 0.6 is 0 Å². The number of nitrogens with zero attached hydrogens (tertiary/aromatic N) is 2. The molecule has 0 aliphatic rings. The van der Waals surface area contributed by atoms with E-state index in [0.29, 0.717) is 30.4 Å². The number of aromatic nitrogens is 2. The maximum Gasteiger partial charge on any atom is 0.216 e. The molecule has 0 aromatic carbocycles. The lowest BCUT2D eigenvalue weighted by molar-refractivity contribution is 0.321.